The Labute approximate surface area is 94.5 Å². The molecule has 0 bridgehead atoms. The Hall–Kier alpha value is -0.610. The van der Waals surface area contributed by atoms with Crippen LogP contribution in [0, 0.1) is 0 Å². The number of hydrogen-bond donors (Lipinski definition) is 1. The molecule has 0 spiro atoms. The maximum atomic E-state index is 9.46. The molecule has 0 atom stereocenters. The first-order valence-electron chi connectivity index (χ1n) is 3.50. The second-order valence-corrected chi connectivity index (χ2v) is 3.42. The van der Waals surface area contributed by atoms with Crippen LogP contribution in [0.5, 0.6) is 5.75 Å². The number of phenols is 1. The van der Waals surface area contributed by atoms with Gasteiger partial charge in [0.1, 0.15) is 11.3 Å². The summed E-state index contributed by atoms with van der Waals surface area (Å²) in [5, 5.41) is 10.4. The third-order valence-corrected chi connectivity index (χ3v) is 2.11. The molecular weight excluding hydrogens is 298 g/mol. The van der Waals surface area contributed by atoms with Crippen LogP contribution in [-0.2, 0) is 0 Å². The van der Waals surface area contributed by atoms with Crippen molar-refractivity contribution in [2.24, 2.45) is 0 Å². The molecule has 1 aromatic heterocycles. The minimum atomic E-state index is 0. The molecule has 2 nitrogen and oxygen atoms in total. The first-order valence-corrected chi connectivity index (χ1v) is 4.30. The SMILES string of the molecule is Br.Oc1cc(Br)cc2cccnc12. The minimum Gasteiger partial charge on any atom is -0.506 e. The summed E-state index contributed by atoms with van der Waals surface area (Å²) < 4.78 is 0.862. The maximum Gasteiger partial charge on any atom is 0.142 e. The molecule has 0 amide bonds. The molecule has 0 radical (unpaired) electrons. The van der Waals surface area contributed by atoms with Crippen LogP contribution < -0.4 is 0 Å². The molecule has 1 heterocycles. The van der Waals surface area contributed by atoms with Gasteiger partial charge in [-0.3, -0.25) is 4.98 Å². The Morgan fingerprint density at radius 3 is 2.85 bits per heavy atom. The van der Waals surface area contributed by atoms with Gasteiger partial charge < -0.3 is 5.11 Å². The molecule has 0 aliphatic rings. The summed E-state index contributed by atoms with van der Waals surface area (Å²) in [6.07, 6.45) is 1.66. The molecule has 4 heteroatoms. The lowest BCUT2D eigenvalue weighted by Crippen LogP contribution is -1.78. The number of halogens is 2. The average molecular weight is 305 g/mol. The number of aromatic hydroxyl groups is 1. The highest BCUT2D eigenvalue weighted by Crippen LogP contribution is 2.26. The molecule has 1 aromatic carbocycles. The molecule has 0 aliphatic carbocycles. The lowest BCUT2D eigenvalue weighted by Gasteiger charge is -1.99. The quantitative estimate of drug-likeness (QED) is 0.810. The van der Waals surface area contributed by atoms with E-state index in [-0.39, 0.29) is 22.7 Å². The van der Waals surface area contributed by atoms with Gasteiger partial charge in [0.05, 0.1) is 0 Å². The normalized spacial score (nSPS) is 9.62. The third-order valence-electron chi connectivity index (χ3n) is 1.65. The molecule has 0 fully saturated rings. The Morgan fingerprint density at radius 1 is 1.31 bits per heavy atom. The van der Waals surface area contributed by atoms with Gasteiger partial charge in [-0.2, -0.15) is 0 Å². The number of aromatic nitrogens is 1. The smallest absolute Gasteiger partial charge is 0.142 e. The zero-order valence-electron chi connectivity index (χ0n) is 6.57. The van der Waals surface area contributed by atoms with Crippen LogP contribution in [0.2, 0.25) is 0 Å². The van der Waals surface area contributed by atoms with Crippen molar-refractivity contribution < 1.29 is 5.11 Å². The molecular formula is C9H7Br2NO. The predicted molar refractivity (Wildman–Crippen MR) is 61.4 cm³/mol. The molecule has 2 rings (SSSR count). The number of rotatable bonds is 0. The summed E-state index contributed by atoms with van der Waals surface area (Å²) in [5.74, 6) is 0.208. The summed E-state index contributed by atoms with van der Waals surface area (Å²) in [5.41, 5.74) is 0.640. The van der Waals surface area contributed by atoms with Gasteiger partial charge in [-0.1, -0.05) is 22.0 Å². The molecule has 2 aromatic rings. The highest BCUT2D eigenvalue weighted by atomic mass is 79.9. The number of fused-ring (bicyclic) bond motifs is 1. The van der Waals surface area contributed by atoms with E-state index in [9.17, 15) is 5.11 Å². The number of hydrogen-bond acceptors (Lipinski definition) is 2. The number of pyridine rings is 1. The Kier molecular flexibility index (Phi) is 3.27. The van der Waals surface area contributed by atoms with Crippen molar-refractivity contribution in [3.63, 3.8) is 0 Å². The number of phenolic OH excluding ortho intramolecular Hbond substituents is 1. The van der Waals surface area contributed by atoms with Crippen LogP contribution in [0.25, 0.3) is 10.9 Å². The molecule has 0 saturated carbocycles. The van der Waals surface area contributed by atoms with Crippen LogP contribution in [0.3, 0.4) is 0 Å². The summed E-state index contributed by atoms with van der Waals surface area (Å²) in [6.45, 7) is 0. The van der Waals surface area contributed by atoms with Crippen molar-refractivity contribution >= 4 is 43.8 Å². The third kappa shape index (κ3) is 2.00. The summed E-state index contributed by atoms with van der Waals surface area (Å²) in [4.78, 5) is 4.05. The molecule has 13 heavy (non-hydrogen) atoms. The van der Waals surface area contributed by atoms with Gasteiger partial charge in [-0.15, -0.1) is 17.0 Å². The second-order valence-electron chi connectivity index (χ2n) is 2.50. The number of benzene rings is 1. The van der Waals surface area contributed by atoms with Crippen LogP contribution in [-0.4, -0.2) is 10.1 Å². The zero-order chi connectivity index (χ0) is 8.55. The molecule has 0 aliphatic heterocycles. The Morgan fingerprint density at radius 2 is 2.08 bits per heavy atom. The standard InChI is InChI=1S/C9H6BrNO.BrH/c10-7-4-6-2-1-3-11-9(6)8(12)5-7;/h1-5,12H;1H. The van der Waals surface area contributed by atoms with E-state index in [1.54, 1.807) is 12.3 Å². The average Bonchev–Trinajstić information content (AvgIpc) is 2.04. The fourth-order valence-corrected chi connectivity index (χ4v) is 1.60. The van der Waals surface area contributed by atoms with Crippen LogP contribution in [0.4, 0.5) is 0 Å². The summed E-state index contributed by atoms with van der Waals surface area (Å²) in [7, 11) is 0. The van der Waals surface area contributed by atoms with Gasteiger partial charge >= 0.3 is 0 Å². The highest BCUT2D eigenvalue weighted by molar-refractivity contribution is 9.10. The zero-order valence-corrected chi connectivity index (χ0v) is 9.87. The first-order chi connectivity index (χ1) is 5.77. The van der Waals surface area contributed by atoms with Crippen molar-refractivity contribution in [1.82, 2.24) is 4.98 Å². The van der Waals surface area contributed by atoms with Gasteiger partial charge in [-0.05, 0) is 18.2 Å². The molecule has 1 N–H and O–H groups in total. The predicted octanol–water partition coefficient (Wildman–Crippen LogP) is 3.28. The van der Waals surface area contributed by atoms with E-state index in [4.69, 9.17) is 0 Å². The van der Waals surface area contributed by atoms with E-state index in [2.05, 4.69) is 20.9 Å². The van der Waals surface area contributed by atoms with Crippen molar-refractivity contribution in [2.75, 3.05) is 0 Å². The van der Waals surface area contributed by atoms with Gasteiger partial charge in [-0.25, -0.2) is 0 Å². The summed E-state index contributed by atoms with van der Waals surface area (Å²) in [6, 6.07) is 7.30. The highest BCUT2D eigenvalue weighted by Gasteiger charge is 2.00. The molecule has 68 valence electrons. The molecule has 0 unspecified atom stereocenters. The second kappa shape index (κ2) is 4.07. The van der Waals surface area contributed by atoms with E-state index in [1.807, 2.05) is 18.2 Å². The Balaban J connectivity index is 0.000000845. The van der Waals surface area contributed by atoms with Crippen molar-refractivity contribution in [3.05, 3.63) is 34.9 Å². The van der Waals surface area contributed by atoms with Gasteiger partial charge in [0, 0.05) is 16.1 Å². The Bertz CT molecular complexity index is 431. The van der Waals surface area contributed by atoms with Gasteiger partial charge in [0.2, 0.25) is 0 Å². The minimum absolute atomic E-state index is 0. The fraction of sp³-hybridized carbons (Fsp3) is 0. The van der Waals surface area contributed by atoms with E-state index in [0.29, 0.717) is 5.52 Å². The lowest BCUT2D eigenvalue weighted by molar-refractivity contribution is 0.480. The van der Waals surface area contributed by atoms with E-state index >= 15 is 0 Å². The van der Waals surface area contributed by atoms with Crippen LogP contribution in [0.1, 0.15) is 0 Å². The number of nitrogens with zero attached hydrogens (tertiary/aromatic N) is 1. The monoisotopic (exact) mass is 303 g/mol. The van der Waals surface area contributed by atoms with Crippen molar-refractivity contribution in [3.8, 4) is 5.75 Å². The van der Waals surface area contributed by atoms with Crippen molar-refractivity contribution in [2.45, 2.75) is 0 Å². The maximum absolute atomic E-state index is 9.46. The largest absolute Gasteiger partial charge is 0.506 e. The lowest BCUT2D eigenvalue weighted by atomic mass is 10.2. The van der Waals surface area contributed by atoms with Gasteiger partial charge in [0.15, 0.2) is 0 Å². The summed E-state index contributed by atoms with van der Waals surface area (Å²) >= 11 is 3.30. The van der Waals surface area contributed by atoms with E-state index in [1.165, 1.54) is 0 Å². The van der Waals surface area contributed by atoms with Crippen LogP contribution >= 0.6 is 32.9 Å². The van der Waals surface area contributed by atoms with Crippen LogP contribution in [0.15, 0.2) is 34.9 Å². The van der Waals surface area contributed by atoms with Crippen molar-refractivity contribution in [1.29, 1.82) is 0 Å². The van der Waals surface area contributed by atoms with E-state index in [0.717, 1.165) is 9.86 Å². The van der Waals surface area contributed by atoms with E-state index < -0.39 is 0 Å². The van der Waals surface area contributed by atoms with Gasteiger partial charge in [0.25, 0.3) is 0 Å². The first kappa shape index (κ1) is 10.5. The fourth-order valence-electron chi connectivity index (χ4n) is 1.14. The topological polar surface area (TPSA) is 33.1 Å². The molecule has 0 saturated heterocycles.